The number of unbranched alkanes of at least 4 members (excludes halogenated alkanes) is 1. The Bertz CT molecular complexity index is 1460. The maximum Gasteiger partial charge on any atom is 0.410 e. The molecule has 0 spiro atoms. The number of aryl methyl sites for hydroxylation is 1. The van der Waals surface area contributed by atoms with Gasteiger partial charge in [-0.1, -0.05) is 33.3 Å². The summed E-state index contributed by atoms with van der Waals surface area (Å²) < 4.78 is 34.2. The molecule has 3 aromatic rings. The van der Waals surface area contributed by atoms with E-state index in [0.717, 1.165) is 69.2 Å². The number of benzene rings is 1. The van der Waals surface area contributed by atoms with Crippen LogP contribution in [-0.2, 0) is 11.3 Å². The molecule has 2 saturated heterocycles. The van der Waals surface area contributed by atoms with Crippen LogP contribution in [0.15, 0.2) is 47.7 Å². The average molecular weight is 643 g/mol. The van der Waals surface area contributed by atoms with Crippen molar-refractivity contribution >= 4 is 16.9 Å². The molecule has 0 bridgehead atoms. The van der Waals surface area contributed by atoms with Crippen molar-refractivity contribution in [1.82, 2.24) is 19.4 Å². The fourth-order valence-corrected chi connectivity index (χ4v) is 5.79. The van der Waals surface area contributed by atoms with Crippen molar-refractivity contribution in [2.45, 2.75) is 98.4 Å². The molecule has 2 aliphatic heterocycles. The largest absolute Gasteiger partial charge is 0.505 e. The number of alkyl halides is 1. The highest BCUT2D eigenvalue weighted by molar-refractivity contribution is 5.95. The number of fused-ring (bicyclic) bond motifs is 1. The van der Waals surface area contributed by atoms with Crippen molar-refractivity contribution < 1.29 is 23.4 Å². The normalized spacial score (nSPS) is 17.5. The van der Waals surface area contributed by atoms with Gasteiger partial charge in [-0.05, 0) is 94.5 Å². The molecule has 1 amide bonds. The van der Waals surface area contributed by atoms with Crippen LogP contribution >= 0.6 is 0 Å². The summed E-state index contributed by atoms with van der Waals surface area (Å²) in [5.41, 5.74) is 0.834. The Hall–Kier alpha value is -3.53. The predicted octanol–water partition coefficient (Wildman–Crippen LogP) is 7.80. The molecule has 254 valence electrons. The number of carbonyl (C=O) groups is 1. The van der Waals surface area contributed by atoms with E-state index in [1.54, 1.807) is 40.2 Å². The first-order valence-electron chi connectivity index (χ1n) is 16.8. The number of aromatic nitrogens is 2. The van der Waals surface area contributed by atoms with E-state index in [1.165, 1.54) is 12.1 Å². The summed E-state index contributed by atoms with van der Waals surface area (Å²) >= 11 is 0. The lowest BCUT2D eigenvalue weighted by atomic mass is 9.95. The van der Waals surface area contributed by atoms with Crippen LogP contribution in [0.4, 0.5) is 13.6 Å². The zero-order valence-electron chi connectivity index (χ0n) is 28.4. The molecule has 46 heavy (non-hydrogen) atoms. The van der Waals surface area contributed by atoms with E-state index in [0.29, 0.717) is 36.4 Å². The maximum absolute atomic E-state index is 13.7. The second-order valence-corrected chi connectivity index (χ2v) is 12.9. The average Bonchev–Trinajstić information content (AvgIpc) is 3.03. The highest BCUT2D eigenvalue weighted by atomic mass is 19.1. The van der Waals surface area contributed by atoms with Gasteiger partial charge in [0, 0.05) is 56.9 Å². The van der Waals surface area contributed by atoms with E-state index in [1.807, 2.05) is 34.6 Å². The number of nitrogens with zero attached hydrogens (tertiary/aromatic N) is 4. The van der Waals surface area contributed by atoms with Crippen molar-refractivity contribution in [1.29, 1.82) is 0 Å². The number of carbonyl (C=O) groups excluding carboxylic acids is 1. The summed E-state index contributed by atoms with van der Waals surface area (Å²) in [6.45, 7) is 16.4. The van der Waals surface area contributed by atoms with Crippen LogP contribution in [0.3, 0.4) is 0 Å². The van der Waals surface area contributed by atoms with Crippen molar-refractivity contribution in [2.24, 2.45) is 5.92 Å². The third kappa shape index (κ3) is 10.5. The van der Waals surface area contributed by atoms with Crippen molar-refractivity contribution in [3.05, 3.63) is 59.0 Å². The number of halogens is 2. The Kier molecular flexibility index (Phi) is 14.0. The Labute approximate surface area is 272 Å². The molecule has 2 fully saturated rings. The Morgan fingerprint density at radius 1 is 1.09 bits per heavy atom. The number of amides is 1. The molecule has 1 unspecified atom stereocenters. The third-order valence-corrected chi connectivity index (χ3v) is 8.13. The molecular formula is C36H52F2N4O4. The summed E-state index contributed by atoms with van der Waals surface area (Å²) in [6, 6.07) is 5.99. The van der Waals surface area contributed by atoms with Crippen LogP contribution in [-0.4, -0.2) is 75.0 Å². The van der Waals surface area contributed by atoms with Crippen LogP contribution in [0, 0.1) is 11.7 Å². The molecule has 1 atom stereocenters. The fourth-order valence-electron chi connectivity index (χ4n) is 5.79. The number of pyridine rings is 2. The molecule has 10 heteroatoms. The van der Waals surface area contributed by atoms with Gasteiger partial charge in [-0.3, -0.25) is 9.78 Å². The van der Waals surface area contributed by atoms with Gasteiger partial charge in [0.2, 0.25) is 0 Å². The number of hydrogen-bond donors (Lipinski definition) is 1. The first kappa shape index (κ1) is 36.9. The molecule has 0 aliphatic carbocycles. The molecular weight excluding hydrogens is 590 g/mol. The highest BCUT2D eigenvalue weighted by Gasteiger charge is 2.29. The van der Waals surface area contributed by atoms with Crippen molar-refractivity contribution in [3.8, 4) is 16.9 Å². The first-order valence-corrected chi connectivity index (χ1v) is 16.8. The molecule has 1 aromatic carbocycles. The van der Waals surface area contributed by atoms with Gasteiger partial charge in [-0.15, -0.1) is 0 Å². The van der Waals surface area contributed by atoms with E-state index >= 15 is 0 Å². The van der Waals surface area contributed by atoms with E-state index in [9.17, 15) is 23.5 Å². The quantitative estimate of drug-likeness (QED) is 0.295. The second kappa shape index (κ2) is 17.4. The van der Waals surface area contributed by atoms with Crippen LogP contribution in [0.25, 0.3) is 21.9 Å². The van der Waals surface area contributed by atoms with Crippen LogP contribution in [0.5, 0.6) is 5.75 Å². The maximum atomic E-state index is 13.7. The van der Waals surface area contributed by atoms with Crippen molar-refractivity contribution in [2.75, 3.05) is 32.7 Å². The Morgan fingerprint density at radius 2 is 1.80 bits per heavy atom. The molecule has 2 aromatic heterocycles. The van der Waals surface area contributed by atoms with E-state index in [2.05, 4.69) is 16.8 Å². The molecule has 0 saturated carbocycles. The summed E-state index contributed by atoms with van der Waals surface area (Å²) in [4.78, 5) is 32.6. The highest BCUT2D eigenvalue weighted by Crippen LogP contribution is 2.29. The number of rotatable bonds is 6. The number of phenolic OH excluding ortho intramolecular Hbond substituents is 1. The van der Waals surface area contributed by atoms with E-state index in [-0.39, 0.29) is 17.4 Å². The summed E-state index contributed by atoms with van der Waals surface area (Å²) in [5.74, 6) is -0.496. The predicted molar refractivity (Wildman–Crippen MR) is 180 cm³/mol. The summed E-state index contributed by atoms with van der Waals surface area (Å²) in [7, 11) is 0. The second-order valence-electron chi connectivity index (χ2n) is 12.9. The lowest BCUT2D eigenvalue weighted by Gasteiger charge is -2.37. The lowest BCUT2D eigenvalue weighted by molar-refractivity contribution is 0.0160. The van der Waals surface area contributed by atoms with Gasteiger partial charge in [0.05, 0.1) is 5.39 Å². The van der Waals surface area contributed by atoms with E-state index in [4.69, 9.17) is 4.74 Å². The molecule has 2 aliphatic rings. The standard InChI is InChI=1S/C18H17FN2O2.C16H29FN2O2.C2H6/c1-2-3-8-21-11-15(12-4-5-17(22)16(19)9-12)13-6-7-20-10-14(13)18(21)23;1-16(2,3)21-15(20)19-9-6-13(7-10-19)11-18-8-4-5-14(17)12-18;1-2/h4-7,9-11,22H,2-3,8H2,1H3;13-14H,4-12H2,1-3H3;1-2H3. The molecule has 1 N–H and O–H groups in total. The van der Waals surface area contributed by atoms with Crippen LogP contribution in [0.1, 0.15) is 80.1 Å². The zero-order chi connectivity index (χ0) is 33.9. The lowest BCUT2D eigenvalue weighted by Crippen LogP contribution is -2.45. The van der Waals surface area contributed by atoms with E-state index < -0.39 is 17.6 Å². The number of ether oxygens (including phenoxy) is 1. The Balaban J connectivity index is 0.000000239. The fraction of sp³-hybridized carbons (Fsp3) is 0.583. The minimum atomic E-state index is -0.684. The molecule has 8 nitrogen and oxygen atoms in total. The molecule has 4 heterocycles. The van der Waals surface area contributed by atoms with Gasteiger partial charge < -0.3 is 24.2 Å². The first-order chi connectivity index (χ1) is 21.9. The number of likely N-dealkylation sites (tertiary alicyclic amines) is 2. The molecule has 5 rings (SSSR count). The third-order valence-electron chi connectivity index (χ3n) is 8.13. The number of phenols is 1. The van der Waals surface area contributed by atoms with Gasteiger partial charge in [0.15, 0.2) is 11.6 Å². The van der Waals surface area contributed by atoms with Crippen LogP contribution < -0.4 is 5.56 Å². The van der Waals surface area contributed by atoms with Crippen molar-refractivity contribution in [3.63, 3.8) is 0 Å². The van der Waals surface area contributed by atoms with Gasteiger partial charge in [0.1, 0.15) is 11.8 Å². The van der Waals surface area contributed by atoms with Gasteiger partial charge in [-0.25, -0.2) is 13.6 Å². The van der Waals surface area contributed by atoms with Crippen LogP contribution in [0.2, 0.25) is 0 Å². The zero-order valence-corrected chi connectivity index (χ0v) is 28.4. The smallest absolute Gasteiger partial charge is 0.410 e. The summed E-state index contributed by atoms with van der Waals surface area (Å²) in [5, 5.41) is 10.6. The Morgan fingerprint density at radius 3 is 2.43 bits per heavy atom. The minimum absolute atomic E-state index is 0.0930. The SMILES string of the molecule is CC.CC(C)(C)OC(=O)N1CCC(CN2CCCC(F)C2)CC1.CCCCn1cc(-c2ccc(O)c(F)c2)c2ccncc2c1=O. The topological polar surface area (TPSA) is 87.9 Å². The van der Waals surface area contributed by atoms with Gasteiger partial charge in [-0.2, -0.15) is 0 Å². The molecule has 0 radical (unpaired) electrons. The number of hydrogen-bond acceptors (Lipinski definition) is 6. The van der Waals surface area contributed by atoms with Gasteiger partial charge in [0.25, 0.3) is 5.56 Å². The summed E-state index contributed by atoms with van der Waals surface area (Å²) in [6.07, 6.45) is 9.58. The minimum Gasteiger partial charge on any atom is -0.505 e. The van der Waals surface area contributed by atoms with Gasteiger partial charge >= 0.3 is 6.09 Å². The number of piperidine rings is 2. The number of aromatic hydroxyl groups is 1. The monoisotopic (exact) mass is 642 g/mol.